The summed E-state index contributed by atoms with van der Waals surface area (Å²) in [5, 5.41) is 0. The Morgan fingerprint density at radius 3 is 2.28 bits per heavy atom. The predicted molar refractivity (Wildman–Crippen MR) is 99.3 cm³/mol. The number of rotatable bonds is 7. The lowest BCUT2D eigenvalue weighted by Gasteiger charge is -2.25. The number of aryl methyl sites for hydroxylation is 1. The van der Waals surface area contributed by atoms with Gasteiger partial charge in [0, 0.05) is 5.92 Å². The minimum absolute atomic E-state index is 0.0113. The average Bonchev–Trinajstić information content (AvgIpc) is 2.60. The Hall–Kier alpha value is -2.40. The zero-order valence-corrected chi connectivity index (χ0v) is 15.4. The summed E-state index contributed by atoms with van der Waals surface area (Å²) >= 11 is 0. The number of benzene rings is 2. The number of carbonyl (C=O) groups is 1. The fourth-order valence-corrected chi connectivity index (χ4v) is 3.94. The van der Waals surface area contributed by atoms with Gasteiger partial charge in [-0.3, -0.25) is 4.79 Å². The Morgan fingerprint density at radius 2 is 1.72 bits per heavy atom. The second kappa shape index (κ2) is 8.12. The van der Waals surface area contributed by atoms with E-state index < -0.39 is 21.8 Å². The molecule has 0 saturated heterocycles. The lowest BCUT2D eigenvalue weighted by molar-refractivity contribution is -0.130. The van der Waals surface area contributed by atoms with Crippen LogP contribution in [0.5, 0.6) is 0 Å². The molecule has 132 valence electrons. The molecule has 4 nitrogen and oxygen atoms in total. The van der Waals surface area contributed by atoms with Crippen molar-refractivity contribution >= 4 is 15.9 Å². The molecule has 0 radical (unpaired) electrons. The SMILES string of the molecule is C=CC[C@H](C)C(=O)N(Cc1ccccc1)S(=O)(=O)c1ccc(C)cc1. The van der Waals surface area contributed by atoms with Crippen molar-refractivity contribution < 1.29 is 13.2 Å². The first-order chi connectivity index (χ1) is 11.9. The molecule has 5 heteroatoms. The van der Waals surface area contributed by atoms with Crippen molar-refractivity contribution in [1.29, 1.82) is 0 Å². The van der Waals surface area contributed by atoms with E-state index in [4.69, 9.17) is 0 Å². The number of amides is 1. The number of nitrogens with zero attached hydrogens (tertiary/aromatic N) is 1. The Labute approximate surface area is 149 Å². The molecule has 2 aromatic rings. The minimum atomic E-state index is -3.93. The third kappa shape index (κ3) is 4.57. The second-order valence-electron chi connectivity index (χ2n) is 6.07. The molecule has 0 N–H and O–H groups in total. The molecule has 0 aliphatic carbocycles. The van der Waals surface area contributed by atoms with Crippen LogP contribution >= 0.6 is 0 Å². The Morgan fingerprint density at radius 1 is 1.12 bits per heavy atom. The van der Waals surface area contributed by atoms with Crippen LogP contribution in [0, 0.1) is 12.8 Å². The fourth-order valence-electron chi connectivity index (χ4n) is 2.46. The van der Waals surface area contributed by atoms with Gasteiger partial charge in [0.05, 0.1) is 11.4 Å². The summed E-state index contributed by atoms with van der Waals surface area (Å²) in [4.78, 5) is 12.9. The van der Waals surface area contributed by atoms with Crippen LogP contribution in [0.25, 0.3) is 0 Å². The Kier molecular flexibility index (Phi) is 6.15. The van der Waals surface area contributed by atoms with Crippen LogP contribution in [0.3, 0.4) is 0 Å². The summed E-state index contributed by atoms with van der Waals surface area (Å²) in [7, 11) is -3.93. The van der Waals surface area contributed by atoms with Crippen molar-refractivity contribution in [2.24, 2.45) is 5.92 Å². The zero-order valence-electron chi connectivity index (χ0n) is 14.6. The van der Waals surface area contributed by atoms with Crippen molar-refractivity contribution in [3.05, 3.63) is 78.4 Å². The molecule has 0 saturated carbocycles. The van der Waals surface area contributed by atoms with E-state index in [1.54, 1.807) is 25.1 Å². The lowest BCUT2D eigenvalue weighted by Crippen LogP contribution is -2.39. The summed E-state index contributed by atoms with van der Waals surface area (Å²) in [5.41, 5.74) is 1.72. The van der Waals surface area contributed by atoms with Crippen molar-refractivity contribution in [3.8, 4) is 0 Å². The van der Waals surface area contributed by atoms with Gasteiger partial charge in [-0.2, -0.15) is 0 Å². The van der Waals surface area contributed by atoms with E-state index in [1.807, 2.05) is 37.3 Å². The average molecular weight is 357 g/mol. The first-order valence-electron chi connectivity index (χ1n) is 8.14. The topological polar surface area (TPSA) is 54.5 Å². The molecule has 1 amide bonds. The van der Waals surface area contributed by atoms with E-state index >= 15 is 0 Å². The maximum atomic E-state index is 13.1. The first-order valence-corrected chi connectivity index (χ1v) is 9.58. The summed E-state index contributed by atoms with van der Waals surface area (Å²) in [6.07, 6.45) is 2.05. The van der Waals surface area contributed by atoms with Gasteiger partial charge in [0.25, 0.3) is 10.0 Å². The van der Waals surface area contributed by atoms with Gasteiger partial charge in [-0.05, 0) is 31.0 Å². The number of sulfonamides is 1. The molecule has 25 heavy (non-hydrogen) atoms. The van der Waals surface area contributed by atoms with E-state index in [2.05, 4.69) is 6.58 Å². The molecule has 2 rings (SSSR count). The number of carbonyl (C=O) groups excluding carboxylic acids is 1. The van der Waals surface area contributed by atoms with E-state index in [-0.39, 0.29) is 11.4 Å². The minimum Gasteiger partial charge on any atom is -0.273 e. The molecule has 0 unspecified atom stereocenters. The second-order valence-corrected chi connectivity index (χ2v) is 7.94. The molecular formula is C20H23NO3S. The molecule has 0 aromatic heterocycles. The van der Waals surface area contributed by atoms with Crippen molar-refractivity contribution in [2.75, 3.05) is 0 Å². The summed E-state index contributed by atoms with van der Waals surface area (Å²) < 4.78 is 27.1. The van der Waals surface area contributed by atoms with Crippen molar-refractivity contribution in [1.82, 2.24) is 4.31 Å². The van der Waals surface area contributed by atoms with Crippen LogP contribution in [-0.4, -0.2) is 18.6 Å². The van der Waals surface area contributed by atoms with E-state index in [0.717, 1.165) is 15.4 Å². The predicted octanol–water partition coefficient (Wildman–Crippen LogP) is 3.92. The van der Waals surface area contributed by atoms with Crippen LogP contribution < -0.4 is 0 Å². The van der Waals surface area contributed by atoms with Gasteiger partial charge in [0.2, 0.25) is 5.91 Å². The maximum absolute atomic E-state index is 13.1. The highest BCUT2D eigenvalue weighted by atomic mass is 32.2. The van der Waals surface area contributed by atoms with Gasteiger partial charge in [-0.1, -0.05) is 61.0 Å². The standard InChI is InChI=1S/C20H23NO3S/c1-4-8-17(3)20(22)21(15-18-9-6-5-7-10-18)25(23,24)19-13-11-16(2)12-14-19/h4-7,9-14,17H,1,8,15H2,2-3H3/t17-/m0/s1. The molecule has 0 aliphatic heterocycles. The molecule has 0 heterocycles. The summed E-state index contributed by atoms with van der Waals surface area (Å²) in [6.45, 7) is 7.25. The van der Waals surface area contributed by atoms with Crippen LogP contribution in [0.15, 0.2) is 72.1 Å². The van der Waals surface area contributed by atoms with Gasteiger partial charge in [0.15, 0.2) is 0 Å². The molecule has 0 spiro atoms. The molecule has 2 aromatic carbocycles. The number of hydrogen-bond acceptors (Lipinski definition) is 3. The van der Waals surface area contributed by atoms with Gasteiger partial charge in [-0.15, -0.1) is 6.58 Å². The Balaban J connectivity index is 2.43. The van der Waals surface area contributed by atoms with Crippen LogP contribution in [0.2, 0.25) is 0 Å². The van der Waals surface area contributed by atoms with Crippen LogP contribution in [-0.2, 0) is 21.4 Å². The van der Waals surface area contributed by atoms with Crippen molar-refractivity contribution in [2.45, 2.75) is 31.7 Å². The first kappa shape index (κ1) is 18.9. The van der Waals surface area contributed by atoms with Crippen LogP contribution in [0.4, 0.5) is 0 Å². The molecule has 0 bridgehead atoms. The fraction of sp³-hybridized carbons (Fsp3) is 0.250. The van der Waals surface area contributed by atoms with E-state index in [1.165, 1.54) is 12.1 Å². The molecular weight excluding hydrogens is 334 g/mol. The number of allylic oxidation sites excluding steroid dienone is 1. The molecule has 1 atom stereocenters. The van der Waals surface area contributed by atoms with Gasteiger partial charge in [-0.25, -0.2) is 12.7 Å². The summed E-state index contributed by atoms with van der Waals surface area (Å²) in [5.74, 6) is -0.884. The van der Waals surface area contributed by atoms with E-state index in [9.17, 15) is 13.2 Å². The van der Waals surface area contributed by atoms with Gasteiger partial charge in [0.1, 0.15) is 0 Å². The Bertz CT molecular complexity index is 827. The highest BCUT2D eigenvalue weighted by molar-refractivity contribution is 7.89. The third-order valence-corrected chi connectivity index (χ3v) is 5.72. The zero-order chi connectivity index (χ0) is 18.4. The highest BCUT2D eigenvalue weighted by Crippen LogP contribution is 2.22. The number of hydrogen-bond donors (Lipinski definition) is 0. The van der Waals surface area contributed by atoms with Gasteiger partial charge >= 0.3 is 0 Å². The largest absolute Gasteiger partial charge is 0.273 e. The molecule has 0 aliphatic rings. The van der Waals surface area contributed by atoms with Gasteiger partial charge < -0.3 is 0 Å². The smallest absolute Gasteiger partial charge is 0.266 e. The van der Waals surface area contributed by atoms with E-state index in [0.29, 0.717) is 6.42 Å². The highest BCUT2D eigenvalue weighted by Gasteiger charge is 2.31. The third-order valence-electron chi connectivity index (χ3n) is 3.97. The normalized spacial score (nSPS) is 12.4. The quantitative estimate of drug-likeness (QED) is 0.706. The lowest BCUT2D eigenvalue weighted by atomic mass is 10.1. The maximum Gasteiger partial charge on any atom is 0.266 e. The molecule has 0 fully saturated rings. The monoisotopic (exact) mass is 357 g/mol. The summed E-state index contributed by atoms with van der Waals surface area (Å²) in [6, 6.07) is 15.6. The van der Waals surface area contributed by atoms with Crippen LogP contribution in [0.1, 0.15) is 24.5 Å². The van der Waals surface area contributed by atoms with Crippen molar-refractivity contribution in [3.63, 3.8) is 0 Å².